The van der Waals surface area contributed by atoms with Crippen molar-refractivity contribution >= 4 is 5.78 Å². The lowest BCUT2D eigenvalue weighted by molar-refractivity contribution is 0.101. The molecule has 0 amide bonds. The molecule has 2 nitrogen and oxygen atoms in total. The largest absolute Gasteiger partial charge is 0.497 e. The van der Waals surface area contributed by atoms with Crippen molar-refractivity contribution in [3.63, 3.8) is 0 Å². The molecule has 0 atom stereocenters. The van der Waals surface area contributed by atoms with Gasteiger partial charge in [-0.1, -0.05) is 18.2 Å². The van der Waals surface area contributed by atoms with Crippen LogP contribution < -0.4 is 4.74 Å². The van der Waals surface area contributed by atoms with E-state index in [0.717, 1.165) is 12.1 Å². The summed E-state index contributed by atoms with van der Waals surface area (Å²) in [7, 11) is 1.34. The van der Waals surface area contributed by atoms with Crippen LogP contribution in [0.5, 0.6) is 5.75 Å². The summed E-state index contributed by atoms with van der Waals surface area (Å²) in [6.45, 7) is 1.40. The number of hydrogen-bond acceptors (Lipinski definition) is 2. The number of rotatable bonds is 3. The Hall–Kier alpha value is -2.23. The maximum absolute atomic E-state index is 13.9. The molecular formula is C15H12F2O2. The van der Waals surface area contributed by atoms with E-state index in [4.69, 9.17) is 4.74 Å². The van der Waals surface area contributed by atoms with Crippen molar-refractivity contribution in [3.05, 3.63) is 53.6 Å². The van der Waals surface area contributed by atoms with Gasteiger partial charge in [0.2, 0.25) is 0 Å². The molecule has 0 bridgehead atoms. The van der Waals surface area contributed by atoms with Gasteiger partial charge in [0.15, 0.2) is 5.78 Å². The molecule has 98 valence electrons. The van der Waals surface area contributed by atoms with E-state index in [1.54, 1.807) is 18.2 Å². The summed E-state index contributed by atoms with van der Waals surface area (Å²) in [6.07, 6.45) is 0. The predicted octanol–water partition coefficient (Wildman–Crippen LogP) is 3.84. The van der Waals surface area contributed by atoms with Crippen LogP contribution in [0.15, 0.2) is 36.4 Å². The van der Waals surface area contributed by atoms with Gasteiger partial charge in [0.05, 0.1) is 12.7 Å². The molecule has 0 saturated heterocycles. The molecule has 0 aromatic heterocycles. The van der Waals surface area contributed by atoms with Gasteiger partial charge in [-0.15, -0.1) is 0 Å². The molecule has 0 unspecified atom stereocenters. The third-order valence-electron chi connectivity index (χ3n) is 2.81. The number of hydrogen-bond donors (Lipinski definition) is 0. The fourth-order valence-corrected chi connectivity index (χ4v) is 1.84. The molecule has 0 aliphatic heterocycles. The first-order chi connectivity index (χ1) is 9.02. The second-order valence-electron chi connectivity index (χ2n) is 4.10. The predicted molar refractivity (Wildman–Crippen MR) is 68.4 cm³/mol. The zero-order chi connectivity index (χ0) is 14.0. The minimum absolute atomic E-state index is 0.112. The molecule has 19 heavy (non-hydrogen) atoms. The van der Waals surface area contributed by atoms with Crippen LogP contribution in [0.2, 0.25) is 0 Å². The maximum Gasteiger partial charge on any atom is 0.159 e. The van der Waals surface area contributed by atoms with Crippen LogP contribution in [0.1, 0.15) is 17.3 Å². The summed E-state index contributed by atoms with van der Waals surface area (Å²) in [4.78, 5) is 11.3. The summed E-state index contributed by atoms with van der Waals surface area (Å²) in [5.41, 5.74) is 0.571. The van der Waals surface area contributed by atoms with Gasteiger partial charge in [0.25, 0.3) is 0 Å². The normalized spacial score (nSPS) is 10.3. The average Bonchev–Trinajstić information content (AvgIpc) is 2.38. The van der Waals surface area contributed by atoms with Gasteiger partial charge in [0, 0.05) is 17.7 Å². The third kappa shape index (κ3) is 2.62. The van der Waals surface area contributed by atoms with Crippen molar-refractivity contribution < 1.29 is 18.3 Å². The zero-order valence-electron chi connectivity index (χ0n) is 10.5. The van der Waals surface area contributed by atoms with Gasteiger partial charge >= 0.3 is 0 Å². The second-order valence-corrected chi connectivity index (χ2v) is 4.10. The van der Waals surface area contributed by atoms with Crippen LogP contribution in [-0.4, -0.2) is 12.9 Å². The lowest BCUT2D eigenvalue weighted by Gasteiger charge is -2.08. The minimum Gasteiger partial charge on any atom is -0.497 e. The molecule has 0 aliphatic carbocycles. The molecule has 0 radical (unpaired) electrons. The Bertz CT molecular complexity index is 613. The van der Waals surface area contributed by atoms with E-state index in [1.807, 2.05) is 0 Å². The summed E-state index contributed by atoms with van der Waals surface area (Å²) >= 11 is 0. The number of carbonyl (C=O) groups excluding carboxylic acids is 1. The Morgan fingerprint density at radius 3 is 2.26 bits per heavy atom. The van der Waals surface area contributed by atoms with Gasteiger partial charge < -0.3 is 4.74 Å². The smallest absolute Gasteiger partial charge is 0.159 e. The standard InChI is InChI=1S/C15H12F2O2/c1-9(18)10-4-3-5-11(6-10)15-13(16)7-12(19-2)8-14(15)17/h3-8H,1-2H3. The van der Waals surface area contributed by atoms with Crippen molar-refractivity contribution in [1.82, 2.24) is 0 Å². The van der Waals surface area contributed by atoms with E-state index in [1.165, 1.54) is 20.1 Å². The van der Waals surface area contributed by atoms with Gasteiger partial charge in [-0.25, -0.2) is 8.78 Å². The van der Waals surface area contributed by atoms with Gasteiger partial charge in [0.1, 0.15) is 17.4 Å². The lowest BCUT2D eigenvalue weighted by Crippen LogP contribution is -1.96. The first-order valence-corrected chi connectivity index (χ1v) is 5.67. The van der Waals surface area contributed by atoms with Gasteiger partial charge in [-0.05, 0) is 18.6 Å². The van der Waals surface area contributed by atoms with Gasteiger partial charge in [-0.2, -0.15) is 0 Å². The Morgan fingerprint density at radius 2 is 1.74 bits per heavy atom. The van der Waals surface area contributed by atoms with Crippen molar-refractivity contribution in [2.75, 3.05) is 7.11 Å². The second kappa shape index (κ2) is 5.18. The van der Waals surface area contributed by atoms with Crippen molar-refractivity contribution in [2.45, 2.75) is 6.92 Å². The molecule has 0 fully saturated rings. The van der Waals surface area contributed by atoms with Crippen molar-refractivity contribution in [2.24, 2.45) is 0 Å². The number of carbonyl (C=O) groups is 1. The molecule has 0 N–H and O–H groups in total. The van der Waals surface area contributed by atoms with Crippen LogP contribution in [0.4, 0.5) is 8.78 Å². The van der Waals surface area contributed by atoms with Crippen LogP contribution >= 0.6 is 0 Å². The highest BCUT2D eigenvalue weighted by Crippen LogP contribution is 2.30. The van der Waals surface area contributed by atoms with E-state index in [2.05, 4.69) is 0 Å². The van der Waals surface area contributed by atoms with E-state index in [9.17, 15) is 13.6 Å². The van der Waals surface area contributed by atoms with Crippen LogP contribution in [0.3, 0.4) is 0 Å². The summed E-state index contributed by atoms with van der Waals surface area (Å²) in [5, 5.41) is 0. The number of Topliss-reactive ketones (excluding diaryl/α,β-unsaturated/α-hetero) is 1. The molecular weight excluding hydrogens is 250 g/mol. The molecule has 2 aromatic carbocycles. The van der Waals surface area contributed by atoms with Crippen LogP contribution in [-0.2, 0) is 0 Å². The van der Waals surface area contributed by atoms with E-state index < -0.39 is 11.6 Å². The Balaban J connectivity index is 2.59. The van der Waals surface area contributed by atoms with E-state index in [-0.39, 0.29) is 17.1 Å². The molecule has 0 heterocycles. The fourth-order valence-electron chi connectivity index (χ4n) is 1.84. The van der Waals surface area contributed by atoms with Crippen LogP contribution in [0, 0.1) is 11.6 Å². The SMILES string of the molecule is COc1cc(F)c(-c2cccc(C(C)=O)c2)c(F)c1. The fraction of sp³-hybridized carbons (Fsp3) is 0.133. The zero-order valence-corrected chi connectivity index (χ0v) is 10.5. The number of methoxy groups -OCH3 is 1. The molecule has 2 aromatic rings. The number of ketones is 1. The third-order valence-corrected chi connectivity index (χ3v) is 2.81. The molecule has 2 rings (SSSR count). The maximum atomic E-state index is 13.9. The van der Waals surface area contributed by atoms with Crippen molar-refractivity contribution in [1.29, 1.82) is 0 Å². The topological polar surface area (TPSA) is 26.3 Å². The number of ether oxygens (including phenoxy) is 1. The highest BCUT2D eigenvalue weighted by Gasteiger charge is 2.14. The first-order valence-electron chi connectivity index (χ1n) is 5.67. The monoisotopic (exact) mass is 262 g/mol. The summed E-state index contributed by atoms with van der Waals surface area (Å²) in [5.74, 6) is -1.49. The number of benzene rings is 2. The van der Waals surface area contributed by atoms with E-state index in [0.29, 0.717) is 11.1 Å². The Morgan fingerprint density at radius 1 is 1.11 bits per heavy atom. The Kier molecular flexibility index (Phi) is 3.60. The minimum atomic E-state index is -0.724. The highest BCUT2D eigenvalue weighted by molar-refractivity contribution is 5.95. The van der Waals surface area contributed by atoms with E-state index >= 15 is 0 Å². The molecule has 4 heteroatoms. The molecule has 0 aliphatic rings. The average molecular weight is 262 g/mol. The Labute approximate surface area is 109 Å². The molecule has 0 saturated carbocycles. The van der Waals surface area contributed by atoms with Gasteiger partial charge in [-0.3, -0.25) is 4.79 Å². The lowest BCUT2D eigenvalue weighted by atomic mass is 10.0. The highest BCUT2D eigenvalue weighted by atomic mass is 19.1. The van der Waals surface area contributed by atoms with Crippen molar-refractivity contribution in [3.8, 4) is 16.9 Å². The summed E-state index contributed by atoms with van der Waals surface area (Å²) < 4.78 is 32.6. The molecule has 0 spiro atoms. The van der Waals surface area contributed by atoms with Crippen LogP contribution in [0.25, 0.3) is 11.1 Å². The first kappa shape index (κ1) is 13.2. The number of halogens is 2. The quantitative estimate of drug-likeness (QED) is 0.785. The summed E-state index contributed by atoms with van der Waals surface area (Å²) in [6, 6.07) is 8.44.